The number of halogens is 2. The van der Waals surface area contributed by atoms with Crippen LogP contribution in [0.15, 0.2) is 36.7 Å². The summed E-state index contributed by atoms with van der Waals surface area (Å²) in [5.41, 5.74) is 1.28. The largest absolute Gasteiger partial charge is 0.497 e. The van der Waals surface area contributed by atoms with Gasteiger partial charge in [-0.1, -0.05) is 12.1 Å². The van der Waals surface area contributed by atoms with Crippen LogP contribution in [0.1, 0.15) is 36.7 Å². The van der Waals surface area contributed by atoms with E-state index in [2.05, 4.69) is 22.0 Å². The summed E-state index contributed by atoms with van der Waals surface area (Å²) in [4.78, 5) is 6.15. The average Bonchev–Trinajstić information content (AvgIpc) is 2.94. The van der Waals surface area contributed by atoms with E-state index < -0.39 is 6.55 Å². The predicted octanol–water partition coefficient (Wildman–Crippen LogP) is 3.66. The number of ether oxygens (including phenoxy) is 1. The third-order valence-electron chi connectivity index (χ3n) is 4.65. The van der Waals surface area contributed by atoms with Crippen molar-refractivity contribution in [1.29, 1.82) is 0 Å². The van der Waals surface area contributed by atoms with Crippen LogP contribution in [-0.4, -0.2) is 34.7 Å². The minimum absolute atomic E-state index is 0.397. The Morgan fingerprint density at radius 3 is 2.87 bits per heavy atom. The molecule has 1 heterocycles. The number of imidazole rings is 1. The molecule has 1 aromatic heterocycles. The highest BCUT2D eigenvalue weighted by Crippen LogP contribution is 2.40. The second-order valence-electron chi connectivity index (χ2n) is 6.04. The summed E-state index contributed by atoms with van der Waals surface area (Å²) in [7, 11) is 3.64. The molecule has 6 heteroatoms. The molecule has 0 radical (unpaired) electrons. The van der Waals surface area contributed by atoms with Crippen molar-refractivity contribution in [3.05, 3.63) is 48.0 Å². The molecule has 0 amide bonds. The normalized spacial score (nSPS) is 20.8. The van der Waals surface area contributed by atoms with Crippen LogP contribution in [0.3, 0.4) is 0 Å². The molecule has 23 heavy (non-hydrogen) atoms. The van der Waals surface area contributed by atoms with Crippen molar-refractivity contribution < 1.29 is 13.5 Å². The molecule has 4 nitrogen and oxygen atoms in total. The van der Waals surface area contributed by atoms with Gasteiger partial charge in [-0.05, 0) is 43.5 Å². The molecule has 0 N–H and O–H groups in total. The number of alkyl halides is 2. The fraction of sp³-hybridized carbons (Fsp3) is 0.471. The van der Waals surface area contributed by atoms with Crippen LogP contribution >= 0.6 is 0 Å². The Hall–Kier alpha value is -1.95. The van der Waals surface area contributed by atoms with Crippen LogP contribution in [-0.2, 0) is 6.54 Å². The average molecular weight is 321 g/mol. The fourth-order valence-corrected chi connectivity index (χ4v) is 3.11. The monoisotopic (exact) mass is 321 g/mol. The molecular formula is C17H21F2N3O. The van der Waals surface area contributed by atoms with Crippen LogP contribution in [0, 0.1) is 0 Å². The Labute approximate surface area is 134 Å². The number of benzene rings is 1. The first kappa shape index (κ1) is 15.9. The van der Waals surface area contributed by atoms with Crippen molar-refractivity contribution in [1.82, 2.24) is 14.5 Å². The third kappa shape index (κ3) is 3.37. The van der Waals surface area contributed by atoms with Crippen molar-refractivity contribution in [2.24, 2.45) is 0 Å². The van der Waals surface area contributed by atoms with Crippen LogP contribution in [0.2, 0.25) is 0 Å². The lowest BCUT2D eigenvalue weighted by Crippen LogP contribution is -2.41. The second-order valence-corrected chi connectivity index (χ2v) is 6.04. The van der Waals surface area contributed by atoms with Crippen LogP contribution in [0.25, 0.3) is 0 Å². The predicted molar refractivity (Wildman–Crippen MR) is 83.7 cm³/mol. The lowest BCUT2D eigenvalue weighted by atomic mass is 9.75. The SMILES string of the molecule is COc1cccc(C2CC(N(C)Cc3nccn3C(F)F)C2)c1. The molecule has 1 saturated carbocycles. The molecule has 1 aliphatic rings. The molecule has 0 aliphatic heterocycles. The molecule has 0 unspecified atom stereocenters. The lowest BCUT2D eigenvalue weighted by Gasteiger charge is -2.41. The molecule has 124 valence electrons. The number of aromatic nitrogens is 2. The van der Waals surface area contributed by atoms with E-state index in [9.17, 15) is 8.78 Å². The summed E-state index contributed by atoms with van der Waals surface area (Å²) in [6.45, 7) is -2.10. The quantitative estimate of drug-likeness (QED) is 0.813. The molecule has 0 spiro atoms. The standard InChI is InChI=1S/C17H21F2N3O/c1-21(11-16-20-6-7-22(16)17(18)19)14-8-13(9-14)12-4-3-5-15(10-12)23-2/h3-7,10,13-14,17H,8-9,11H2,1-2H3. The molecule has 0 bridgehead atoms. The highest BCUT2D eigenvalue weighted by molar-refractivity contribution is 5.32. The zero-order chi connectivity index (χ0) is 16.4. The second kappa shape index (κ2) is 6.66. The summed E-state index contributed by atoms with van der Waals surface area (Å²) in [6.07, 6.45) is 4.81. The summed E-state index contributed by atoms with van der Waals surface area (Å²) in [5.74, 6) is 1.79. The number of rotatable bonds is 6. The molecule has 2 aromatic rings. The number of hydrogen-bond acceptors (Lipinski definition) is 3. The summed E-state index contributed by atoms with van der Waals surface area (Å²) in [6, 6.07) is 8.53. The molecule has 0 atom stereocenters. The Morgan fingerprint density at radius 2 is 2.17 bits per heavy atom. The van der Waals surface area contributed by atoms with Crippen molar-refractivity contribution in [3.63, 3.8) is 0 Å². The molecular weight excluding hydrogens is 300 g/mol. The van der Waals surface area contributed by atoms with E-state index in [0.717, 1.165) is 23.2 Å². The zero-order valence-electron chi connectivity index (χ0n) is 13.3. The van der Waals surface area contributed by atoms with Crippen LogP contribution < -0.4 is 4.74 Å². The van der Waals surface area contributed by atoms with E-state index in [1.165, 1.54) is 18.0 Å². The smallest absolute Gasteiger partial charge is 0.319 e. The van der Waals surface area contributed by atoms with Gasteiger partial charge in [-0.2, -0.15) is 8.78 Å². The fourth-order valence-electron chi connectivity index (χ4n) is 3.11. The first-order valence-corrected chi connectivity index (χ1v) is 7.72. The summed E-state index contributed by atoms with van der Waals surface area (Å²) in [5, 5.41) is 0. The maximum atomic E-state index is 12.9. The molecule has 1 aliphatic carbocycles. The van der Waals surface area contributed by atoms with E-state index in [1.807, 2.05) is 19.2 Å². The van der Waals surface area contributed by atoms with E-state index in [4.69, 9.17) is 4.74 Å². The molecule has 3 rings (SSSR count). The Bertz CT molecular complexity index is 653. The van der Waals surface area contributed by atoms with Crippen molar-refractivity contribution in [2.45, 2.75) is 37.9 Å². The number of nitrogens with zero attached hydrogens (tertiary/aromatic N) is 3. The van der Waals surface area contributed by atoms with Crippen LogP contribution in [0.5, 0.6) is 5.75 Å². The van der Waals surface area contributed by atoms with Gasteiger partial charge in [-0.15, -0.1) is 0 Å². The minimum Gasteiger partial charge on any atom is -0.497 e. The number of methoxy groups -OCH3 is 1. The Balaban J connectivity index is 1.57. The Morgan fingerprint density at radius 1 is 1.39 bits per heavy atom. The van der Waals surface area contributed by atoms with Gasteiger partial charge in [-0.3, -0.25) is 9.47 Å². The highest BCUT2D eigenvalue weighted by Gasteiger charge is 2.33. The maximum Gasteiger partial charge on any atom is 0.319 e. The highest BCUT2D eigenvalue weighted by atomic mass is 19.3. The van der Waals surface area contributed by atoms with Crippen LogP contribution in [0.4, 0.5) is 8.78 Å². The van der Waals surface area contributed by atoms with Gasteiger partial charge in [0.25, 0.3) is 0 Å². The van der Waals surface area contributed by atoms with E-state index in [1.54, 1.807) is 7.11 Å². The lowest BCUT2D eigenvalue weighted by molar-refractivity contribution is 0.0599. The zero-order valence-corrected chi connectivity index (χ0v) is 13.3. The molecule has 1 fully saturated rings. The van der Waals surface area contributed by atoms with Crippen molar-refractivity contribution >= 4 is 0 Å². The van der Waals surface area contributed by atoms with Crippen molar-refractivity contribution in [3.8, 4) is 5.75 Å². The van der Waals surface area contributed by atoms with Gasteiger partial charge >= 0.3 is 6.55 Å². The Kier molecular flexibility index (Phi) is 4.61. The first-order valence-electron chi connectivity index (χ1n) is 7.72. The molecule has 0 saturated heterocycles. The van der Waals surface area contributed by atoms with E-state index in [0.29, 0.717) is 24.3 Å². The van der Waals surface area contributed by atoms with Gasteiger partial charge in [0.1, 0.15) is 11.6 Å². The minimum atomic E-state index is -2.54. The van der Waals surface area contributed by atoms with Gasteiger partial charge in [0, 0.05) is 18.4 Å². The van der Waals surface area contributed by atoms with Crippen molar-refractivity contribution in [2.75, 3.05) is 14.2 Å². The van der Waals surface area contributed by atoms with Gasteiger partial charge in [0.2, 0.25) is 0 Å². The van der Waals surface area contributed by atoms with Gasteiger partial charge in [0.15, 0.2) is 0 Å². The van der Waals surface area contributed by atoms with E-state index in [-0.39, 0.29) is 0 Å². The van der Waals surface area contributed by atoms with Gasteiger partial charge in [0.05, 0.1) is 13.7 Å². The number of hydrogen-bond donors (Lipinski definition) is 0. The first-order chi connectivity index (χ1) is 11.1. The molecule has 1 aromatic carbocycles. The maximum absolute atomic E-state index is 12.9. The van der Waals surface area contributed by atoms with E-state index >= 15 is 0 Å². The van der Waals surface area contributed by atoms with Gasteiger partial charge in [-0.25, -0.2) is 4.98 Å². The third-order valence-corrected chi connectivity index (χ3v) is 4.65. The summed E-state index contributed by atoms with van der Waals surface area (Å²) >= 11 is 0. The van der Waals surface area contributed by atoms with Gasteiger partial charge < -0.3 is 4.74 Å². The topological polar surface area (TPSA) is 30.3 Å². The summed E-state index contributed by atoms with van der Waals surface area (Å²) < 4.78 is 31.9.